The minimum Gasteiger partial charge on any atom is -0.396 e. The smallest absolute Gasteiger partial charge is 0.133 e. The molecule has 0 aliphatic rings. The molecule has 0 rings (SSSR count). The Morgan fingerprint density at radius 1 is 1.36 bits per heavy atom. The first-order valence-electron chi connectivity index (χ1n) is 4.28. The summed E-state index contributed by atoms with van der Waals surface area (Å²) in [4.78, 5) is 11.0. The molecule has 0 spiro atoms. The molecule has 0 amide bonds. The minimum absolute atomic E-state index is 0.0602. The molecule has 2 unspecified atom stereocenters. The molecule has 0 saturated carbocycles. The average molecular weight is 158 g/mol. The first kappa shape index (κ1) is 10.6. The normalized spacial score (nSPS) is 16.0. The van der Waals surface area contributed by atoms with Crippen LogP contribution in [0.4, 0.5) is 0 Å². The van der Waals surface area contributed by atoms with Crippen LogP contribution in [0.25, 0.3) is 0 Å². The van der Waals surface area contributed by atoms with E-state index in [1.165, 1.54) is 0 Å². The quantitative estimate of drug-likeness (QED) is 0.660. The van der Waals surface area contributed by atoms with Crippen molar-refractivity contribution >= 4 is 5.78 Å². The van der Waals surface area contributed by atoms with Crippen molar-refractivity contribution in [3.8, 4) is 0 Å². The van der Waals surface area contributed by atoms with Crippen molar-refractivity contribution in [2.24, 2.45) is 11.8 Å². The summed E-state index contributed by atoms with van der Waals surface area (Å²) in [6.45, 7) is 5.73. The number of hydrogen-bond donors (Lipinski definition) is 1. The molecule has 0 bridgehead atoms. The van der Waals surface area contributed by atoms with Crippen LogP contribution in [0.3, 0.4) is 0 Å². The molecular weight excluding hydrogens is 140 g/mol. The van der Waals surface area contributed by atoms with E-state index in [9.17, 15) is 4.79 Å². The summed E-state index contributed by atoms with van der Waals surface area (Å²) in [7, 11) is 0. The van der Waals surface area contributed by atoms with Crippen LogP contribution in [0.15, 0.2) is 0 Å². The van der Waals surface area contributed by atoms with Crippen LogP contribution in [0.2, 0.25) is 0 Å². The maximum Gasteiger partial charge on any atom is 0.133 e. The highest BCUT2D eigenvalue weighted by Gasteiger charge is 2.21. The summed E-state index contributed by atoms with van der Waals surface area (Å²) in [5.41, 5.74) is 0. The molecule has 11 heavy (non-hydrogen) atoms. The molecule has 0 heterocycles. The highest BCUT2D eigenvalue weighted by Crippen LogP contribution is 2.19. The van der Waals surface area contributed by atoms with Gasteiger partial charge in [-0.1, -0.05) is 20.3 Å². The average Bonchev–Trinajstić information content (AvgIpc) is 1.99. The SMILES string of the molecule is CCC(CO)C(CC)C(C)=O. The van der Waals surface area contributed by atoms with E-state index in [0.29, 0.717) is 0 Å². The third-order valence-electron chi connectivity index (χ3n) is 2.29. The van der Waals surface area contributed by atoms with Crippen LogP contribution in [-0.2, 0) is 4.79 Å². The third-order valence-corrected chi connectivity index (χ3v) is 2.29. The number of ketones is 1. The van der Waals surface area contributed by atoms with E-state index in [1.807, 2.05) is 13.8 Å². The largest absolute Gasteiger partial charge is 0.396 e. The zero-order valence-corrected chi connectivity index (χ0v) is 7.63. The van der Waals surface area contributed by atoms with Gasteiger partial charge in [0, 0.05) is 12.5 Å². The Morgan fingerprint density at radius 2 is 1.91 bits per heavy atom. The second kappa shape index (κ2) is 5.30. The van der Waals surface area contributed by atoms with Gasteiger partial charge in [-0.05, 0) is 19.3 Å². The van der Waals surface area contributed by atoms with Crippen molar-refractivity contribution in [1.29, 1.82) is 0 Å². The lowest BCUT2D eigenvalue weighted by Crippen LogP contribution is -2.23. The molecule has 2 heteroatoms. The van der Waals surface area contributed by atoms with Gasteiger partial charge in [0.25, 0.3) is 0 Å². The number of rotatable bonds is 5. The molecule has 0 aromatic heterocycles. The Kier molecular flexibility index (Phi) is 5.12. The lowest BCUT2D eigenvalue weighted by Gasteiger charge is -2.19. The summed E-state index contributed by atoms with van der Waals surface area (Å²) in [6.07, 6.45) is 1.73. The fraction of sp³-hybridized carbons (Fsp3) is 0.889. The molecule has 0 fully saturated rings. The summed E-state index contributed by atoms with van der Waals surface area (Å²) in [6, 6.07) is 0. The summed E-state index contributed by atoms with van der Waals surface area (Å²) in [5.74, 6) is 0.427. The number of hydrogen-bond acceptors (Lipinski definition) is 2. The molecule has 0 aliphatic carbocycles. The zero-order valence-electron chi connectivity index (χ0n) is 7.63. The van der Waals surface area contributed by atoms with E-state index >= 15 is 0 Å². The summed E-state index contributed by atoms with van der Waals surface area (Å²) >= 11 is 0. The molecule has 2 nitrogen and oxygen atoms in total. The lowest BCUT2D eigenvalue weighted by atomic mass is 9.86. The Balaban J connectivity index is 4.09. The lowest BCUT2D eigenvalue weighted by molar-refractivity contribution is -0.123. The number of carbonyl (C=O) groups excluding carboxylic acids is 1. The van der Waals surface area contributed by atoms with E-state index in [1.54, 1.807) is 6.92 Å². The highest BCUT2D eigenvalue weighted by atomic mass is 16.3. The molecule has 66 valence electrons. The van der Waals surface area contributed by atoms with E-state index in [4.69, 9.17) is 5.11 Å². The molecule has 0 aromatic rings. The van der Waals surface area contributed by atoms with Crippen LogP contribution in [0.1, 0.15) is 33.6 Å². The van der Waals surface area contributed by atoms with Gasteiger partial charge in [0.1, 0.15) is 5.78 Å². The van der Waals surface area contributed by atoms with E-state index in [-0.39, 0.29) is 24.2 Å². The van der Waals surface area contributed by atoms with Crippen molar-refractivity contribution in [3.63, 3.8) is 0 Å². The van der Waals surface area contributed by atoms with Crippen molar-refractivity contribution in [2.75, 3.05) is 6.61 Å². The van der Waals surface area contributed by atoms with Crippen LogP contribution >= 0.6 is 0 Å². The molecule has 0 saturated heterocycles. The zero-order chi connectivity index (χ0) is 8.85. The number of aliphatic hydroxyl groups is 1. The van der Waals surface area contributed by atoms with Gasteiger partial charge in [-0.25, -0.2) is 0 Å². The van der Waals surface area contributed by atoms with Gasteiger partial charge in [-0.2, -0.15) is 0 Å². The van der Waals surface area contributed by atoms with Crippen molar-refractivity contribution < 1.29 is 9.90 Å². The number of aliphatic hydroxyl groups excluding tert-OH is 1. The molecule has 2 atom stereocenters. The first-order chi connectivity index (χ1) is 5.17. The van der Waals surface area contributed by atoms with Crippen LogP contribution in [0.5, 0.6) is 0 Å². The third kappa shape index (κ3) is 3.02. The maximum absolute atomic E-state index is 11.0. The van der Waals surface area contributed by atoms with Crippen molar-refractivity contribution in [1.82, 2.24) is 0 Å². The molecule has 0 radical (unpaired) electrons. The van der Waals surface area contributed by atoms with Gasteiger partial charge in [0.15, 0.2) is 0 Å². The van der Waals surface area contributed by atoms with E-state index in [0.717, 1.165) is 12.8 Å². The molecule has 0 aliphatic heterocycles. The van der Waals surface area contributed by atoms with Crippen molar-refractivity contribution in [2.45, 2.75) is 33.6 Å². The van der Waals surface area contributed by atoms with Crippen LogP contribution in [-0.4, -0.2) is 17.5 Å². The predicted molar refractivity (Wildman–Crippen MR) is 45.3 cm³/mol. The summed E-state index contributed by atoms with van der Waals surface area (Å²) in [5, 5.41) is 8.92. The fourth-order valence-corrected chi connectivity index (χ4v) is 1.49. The van der Waals surface area contributed by atoms with Gasteiger partial charge in [0.2, 0.25) is 0 Å². The Hall–Kier alpha value is -0.370. The Labute approximate surface area is 68.6 Å². The summed E-state index contributed by atoms with van der Waals surface area (Å²) < 4.78 is 0. The molecule has 1 N–H and O–H groups in total. The van der Waals surface area contributed by atoms with Gasteiger partial charge in [-0.3, -0.25) is 4.79 Å². The number of carbonyl (C=O) groups is 1. The molecular formula is C9H18O2. The van der Waals surface area contributed by atoms with E-state index in [2.05, 4.69) is 0 Å². The second-order valence-electron chi connectivity index (χ2n) is 2.98. The van der Waals surface area contributed by atoms with Crippen molar-refractivity contribution in [3.05, 3.63) is 0 Å². The van der Waals surface area contributed by atoms with E-state index < -0.39 is 0 Å². The monoisotopic (exact) mass is 158 g/mol. The Morgan fingerprint density at radius 3 is 2.00 bits per heavy atom. The fourth-order valence-electron chi connectivity index (χ4n) is 1.49. The predicted octanol–water partition coefficient (Wildman–Crippen LogP) is 1.62. The van der Waals surface area contributed by atoms with Gasteiger partial charge in [0.05, 0.1) is 0 Å². The highest BCUT2D eigenvalue weighted by molar-refractivity contribution is 5.78. The maximum atomic E-state index is 11.0. The first-order valence-corrected chi connectivity index (χ1v) is 4.28. The van der Waals surface area contributed by atoms with Gasteiger partial charge in [-0.15, -0.1) is 0 Å². The molecule has 0 aromatic carbocycles. The van der Waals surface area contributed by atoms with Gasteiger partial charge >= 0.3 is 0 Å². The Bertz CT molecular complexity index is 117. The second-order valence-corrected chi connectivity index (χ2v) is 2.98. The van der Waals surface area contributed by atoms with Crippen LogP contribution in [0, 0.1) is 11.8 Å². The van der Waals surface area contributed by atoms with Crippen LogP contribution < -0.4 is 0 Å². The minimum atomic E-state index is 0.0602. The van der Waals surface area contributed by atoms with Gasteiger partial charge < -0.3 is 5.11 Å². The number of Topliss-reactive ketones (excluding diaryl/α,β-unsaturated/α-hetero) is 1. The topological polar surface area (TPSA) is 37.3 Å². The standard InChI is InChI=1S/C9H18O2/c1-4-8(6-10)9(5-2)7(3)11/h8-10H,4-6H2,1-3H3.